The lowest BCUT2D eigenvalue weighted by Gasteiger charge is -2.06. The number of nitrogens with zero attached hydrogens (tertiary/aromatic N) is 1. The van der Waals surface area contributed by atoms with Crippen LogP contribution < -0.4 is 0 Å². The summed E-state index contributed by atoms with van der Waals surface area (Å²) in [5, 5.41) is 0. The minimum atomic E-state index is -4.34. The summed E-state index contributed by atoms with van der Waals surface area (Å²) in [6.45, 7) is 0. The van der Waals surface area contributed by atoms with E-state index in [1.807, 2.05) is 30.3 Å². The van der Waals surface area contributed by atoms with Gasteiger partial charge in [0.05, 0.1) is 11.3 Å². The fourth-order valence-electron chi connectivity index (χ4n) is 2.34. The maximum absolute atomic E-state index is 12.6. The highest BCUT2D eigenvalue weighted by molar-refractivity contribution is 6.12. The molecule has 0 aliphatic heterocycles. The van der Waals surface area contributed by atoms with E-state index in [1.54, 1.807) is 12.3 Å². The van der Waals surface area contributed by atoms with Gasteiger partial charge in [-0.3, -0.25) is 4.99 Å². The monoisotopic (exact) mass is 287 g/mol. The molecule has 0 saturated carbocycles. The summed E-state index contributed by atoms with van der Waals surface area (Å²) < 4.78 is 37.9. The predicted molar refractivity (Wildman–Crippen MR) is 77.7 cm³/mol. The number of halogens is 3. The van der Waals surface area contributed by atoms with E-state index in [0.29, 0.717) is 5.69 Å². The topological polar surface area (TPSA) is 12.4 Å². The molecule has 0 fully saturated rings. The van der Waals surface area contributed by atoms with E-state index >= 15 is 0 Å². The van der Waals surface area contributed by atoms with Crippen LogP contribution in [0, 0.1) is 0 Å². The largest absolute Gasteiger partial charge is 0.416 e. The molecule has 0 amide bonds. The molecule has 2 aromatic carbocycles. The number of benzene rings is 2. The second-order valence-corrected chi connectivity index (χ2v) is 4.83. The number of hydrogen-bond acceptors (Lipinski definition) is 1. The van der Waals surface area contributed by atoms with Crippen LogP contribution in [0.4, 0.5) is 18.9 Å². The number of aliphatic imine (C=N–C) groups is 1. The van der Waals surface area contributed by atoms with Gasteiger partial charge in [-0.25, -0.2) is 0 Å². The summed E-state index contributed by atoms with van der Waals surface area (Å²) in [7, 11) is 0. The first-order valence-corrected chi connectivity index (χ1v) is 6.54. The Labute approximate surface area is 120 Å². The van der Waals surface area contributed by atoms with E-state index in [0.717, 1.165) is 29.7 Å². The average molecular weight is 287 g/mol. The molecule has 0 heterocycles. The van der Waals surface area contributed by atoms with Gasteiger partial charge >= 0.3 is 6.18 Å². The van der Waals surface area contributed by atoms with Gasteiger partial charge in [0.1, 0.15) is 0 Å². The number of allylic oxidation sites excluding steroid dienone is 2. The first-order chi connectivity index (χ1) is 10.0. The van der Waals surface area contributed by atoms with Crippen LogP contribution in [0.2, 0.25) is 0 Å². The van der Waals surface area contributed by atoms with Crippen LogP contribution >= 0.6 is 0 Å². The van der Waals surface area contributed by atoms with Gasteiger partial charge in [0, 0.05) is 6.21 Å². The van der Waals surface area contributed by atoms with Crippen molar-refractivity contribution in [1.82, 2.24) is 0 Å². The number of hydrogen-bond donors (Lipinski definition) is 0. The summed E-state index contributed by atoms with van der Waals surface area (Å²) >= 11 is 0. The fraction of sp³-hybridized carbons (Fsp3) is 0.118. The van der Waals surface area contributed by atoms with Crippen molar-refractivity contribution < 1.29 is 13.2 Å². The molecule has 1 aliphatic carbocycles. The van der Waals surface area contributed by atoms with Crippen LogP contribution in [0.3, 0.4) is 0 Å². The lowest BCUT2D eigenvalue weighted by molar-refractivity contribution is -0.137. The molecule has 1 aliphatic rings. The molecular formula is C17H12F3N. The first-order valence-electron chi connectivity index (χ1n) is 6.54. The molecule has 21 heavy (non-hydrogen) atoms. The van der Waals surface area contributed by atoms with Gasteiger partial charge in [-0.2, -0.15) is 13.2 Å². The van der Waals surface area contributed by atoms with Crippen molar-refractivity contribution >= 4 is 17.5 Å². The Balaban J connectivity index is 1.85. The summed E-state index contributed by atoms with van der Waals surface area (Å²) in [5.74, 6) is 0. The van der Waals surface area contributed by atoms with Crippen molar-refractivity contribution in [1.29, 1.82) is 0 Å². The van der Waals surface area contributed by atoms with Crippen LogP contribution in [0.25, 0.3) is 5.57 Å². The Kier molecular flexibility index (Phi) is 3.37. The zero-order chi connectivity index (χ0) is 14.9. The smallest absolute Gasteiger partial charge is 0.256 e. The van der Waals surface area contributed by atoms with Crippen molar-refractivity contribution in [2.24, 2.45) is 4.99 Å². The minimum Gasteiger partial charge on any atom is -0.256 e. The lowest BCUT2D eigenvalue weighted by Crippen LogP contribution is -2.03. The summed E-state index contributed by atoms with van der Waals surface area (Å²) in [4.78, 5) is 4.17. The third-order valence-electron chi connectivity index (χ3n) is 3.40. The van der Waals surface area contributed by atoms with Crippen LogP contribution in [0.5, 0.6) is 0 Å². The van der Waals surface area contributed by atoms with Crippen LogP contribution in [-0.4, -0.2) is 6.21 Å². The Morgan fingerprint density at radius 3 is 2.62 bits per heavy atom. The Morgan fingerprint density at radius 2 is 1.81 bits per heavy atom. The quantitative estimate of drug-likeness (QED) is 0.686. The lowest BCUT2D eigenvalue weighted by atomic mass is 10.1. The SMILES string of the molecule is FC(F)(F)c1cccc(N=CC2=CCc3ccccc32)c1. The molecular weight excluding hydrogens is 275 g/mol. The third kappa shape index (κ3) is 2.89. The van der Waals surface area contributed by atoms with E-state index in [1.165, 1.54) is 11.6 Å². The van der Waals surface area contributed by atoms with Crippen molar-refractivity contribution in [3.63, 3.8) is 0 Å². The van der Waals surface area contributed by atoms with Gasteiger partial charge in [0.15, 0.2) is 0 Å². The zero-order valence-electron chi connectivity index (χ0n) is 11.1. The van der Waals surface area contributed by atoms with E-state index in [9.17, 15) is 13.2 Å². The van der Waals surface area contributed by atoms with Crippen molar-refractivity contribution in [3.05, 3.63) is 71.3 Å². The first kappa shape index (κ1) is 13.6. The molecule has 2 aromatic rings. The molecule has 0 N–H and O–H groups in total. The van der Waals surface area contributed by atoms with Crippen molar-refractivity contribution in [3.8, 4) is 0 Å². The fourth-order valence-corrected chi connectivity index (χ4v) is 2.34. The molecule has 0 spiro atoms. The summed E-state index contributed by atoms with van der Waals surface area (Å²) in [5.41, 5.74) is 2.87. The third-order valence-corrected chi connectivity index (χ3v) is 3.40. The molecule has 0 radical (unpaired) electrons. The Hall–Kier alpha value is -2.36. The summed E-state index contributed by atoms with van der Waals surface area (Å²) in [6.07, 6.45) is 0.147. The normalized spacial score (nSPS) is 14.3. The van der Waals surface area contributed by atoms with Gasteiger partial charge in [-0.15, -0.1) is 0 Å². The van der Waals surface area contributed by atoms with Gasteiger partial charge in [-0.1, -0.05) is 36.4 Å². The molecule has 0 saturated heterocycles. The predicted octanol–water partition coefficient (Wildman–Crippen LogP) is 5.05. The van der Waals surface area contributed by atoms with Crippen molar-refractivity contribution in [2.75, 3.05) is 0 Å². The molecule has 4 heteroatoms. The van der Waals surface area contributed by atoms with Crippen LogP contribution in [0.15, 0.2) is 59.6 Å². The van der Waals surface area contributed by atoms with Gasteiger partial charge in [0.2, 0.25) is 0 Å². The van der Waals surface area contributed by atoms with E-state index in [4.69, 9.17) is 0 Å². The molecule has 0 aromatic heterocycles. The zero-order valence-corrected chi connectivity index (χ0v) is 11.1. The molecule has 0 unspecified atom stereocenters. The highest BCUT2D eigenvalue weighted by Gasteiger charge is 2.30. The molecule has 1 nitrogen and oxygen atoms in total. The Morgan fingerprint density at radius 1 is 1.00 bits per heavy atom. The van der Waals surface area contributed by atoms with E-state index < -0.39 is 11.7 Å². The van der Waals surface area contributed by atoms with Crippen LogP contribution in [0.1, 0.15) is 16.7 Å². The van der Waals surface area contributed by atoms with Gasteiger partial charge < -0.3 is 0 Å². The Bertz CT molecular complexity index is 727. The number of fused-ring (bicyclic) bond motifs is 1. The molecule has 0 atom stereocenters. The molecule has 0 bridgehead atoms. The second kappa shape index (κ2) is 5.20. The van der Waals surface area contributed by atoms with E-state index in [2.05, 4.69) is 4.99 Å². The second-order valence-electron chi connectivity index (χ2n) is 4.83. The van der Waals surface area contributed by atoms with Gasteiger partial charge in [-0.05, 0) is 41.3 Å². The van der Waals surface area contributed by atoms with E-state index in [-0.39, 0.29) is 0 Å². The maximum atomic E-state index is 12.6. The van der Waals surface area contributed by atoms with Crippen molar-refractivity contribution in [2.45, 2.75) is 12.6 Å². The maximum Gasteiger partial charge on any atom is 0.416 e. The number of rotatable bonds is 2. The molecule has 106 valence electrons. The van der Waals surface area contributed by atoms with Gasteiger partial charge in [0.25, 0.3) is 0 Å². The number of alkyl halides is 3. The standard InChI is InChI=1S/C17H12F3N/c18-17(19,20)14-5-3-6-15(10-14)21-11-13-9-8-12-4-1-2-7-16(12)13/h1-7,9-11H,8H2. The average Bonchev–Trinajstić information content (AvgIpc) is 2.88. The van der Waals surface area contributed by atoms with Crippen LogP contribution in [-0.2, 0) is 12.6 Å². The highest BCUT2D eigenvalue weighted by atomic mass is 19.4. The molecule has 3 rings (SSSR count). The summed E-state index contributed by atoms with van der Waals surface area (Å²) in [6, 6.07) is 13.0. The minimum absolute atomic E-state index is 0.301. The highest BCUT2D eigenvalue weighted by Crippen LogP contribution is 2.32.